The molecule has 7 heteroatoms. The number of amides is 1. The normalized spacial score (nSPS) is 10.7. The van der Waals surface area contributed by atoms with Crippen molar-refractivity contribution in [3.8, 4) is 17.0 Å². The fourth-order valence-corrected chi connectivity index (χ4v) is 4.01. The number of hydrogen-bond donors (Lipinski definition) is 1. The number of hydrogen-bond acceptors (Lipinski definition) is 6. The summed E-state index contributed by atoms with van der Waals surface area (Å²) >= 11 is 3.21. The van der Waals surface area contributed by atoms with Crippen LogP contribution in [0, 0.1) is 13.8 Å². The van der Waals surface area contributed by atoms with E-state index in [0.717, 1.165) is 32.7 Å². The number of anilines is 1. The number of carbonyl (C=O) groups excluding carboxylic acids is 1. The van der Waals surface area contributed by atoms with Crippen molar-refractivity contribution in [1.29, 1.82) is 0 Å². The van der Waals surface area contributed by atoms with E-state index < -0.39 is 0 Å². The van der Waals surface area contributed by atoms with Gasteiger partial charge in [-0.15, -0.1) is 22.7 Å². The number of rotatable bonds is 6. The minimum Gasteiger partial charge on any atom is -0.487 e. The summed E-state index contributed by atoms with van der Waals surface area (Å²) in [5, 5.41) is 8.98. The molecule has 0 unspecified atom stereocenters. The molecule has 0 saturated carbocycles. The van der Waals surface area contributed by atoms with Crippen LogP contribution in [0.2, 0.25) is 0 Å². The standard InChI is InChI=1S/C22H19N3O2S2/c1-14-23-19(12-28-14)11-27-20-8-6-16(7-9-20)22(26)25-18-5-3-4-17(10-18)21-13-29-15(2)24-21/h3-10,12-13H,11H2,1-2H3,(H,25,26). The van der Waals surface area contributed by atoms with Crippen LogP contribution in [0.15, 0.2) is 59.3 Å². The predicted molar refractivity (Wildman–Crippen MR) is 118 cm³/mol. The molecule has 29 heavy (non-hydrogen) atoms. The zero-order valence-corrected chi connectivity index (χ0v) is 17.6. The molecular weight excluding hydrogens is 402 g/mol. The van der Waals surface area contributed by atoms with Crippen molar-refractivity contribution in [2.75, 3.05) is 5.32 Å². The van der Waals surface area contributed by atoms with E-state index in [1.54, 1.807) is 46.9 Å². The van der Waals surface area contributed by atoms with Gasteiger partial charge in [-0.1, -0.05) is 12.1 Å². The first-order valence-electron chi connectivity index (χ1n) is 9.04. The Kier molecular flexibility index (Phi) is 5.69. The van der Waals surface area contributed by atoms with Crippen LogP contribution in [-0.4, -0.2) is 15.9 Å². The van der Waals surface area contributed by atoms with Crippen molar-refractivity contribution >= 4 is 34.3 Å². The smallest absolute Gasteiger partial charge is 0.255 e. The Labute approximate surface area is 177 Å². The molecule has 4 rings (SSSR count). The molecule has 4 aromatic rings. The van der Waals surface area contributed by atoms with Gasteiger partial charge in [0.15, 0.2) is 0 Å². The van der Waals surface area contributed by atoms with Crippen LogP contribution in [0.25, 0.3) is 11.3 Å². The third kappa shape index (κ3) is 4.88. The van der Waals surface area contributed by atoms with Gasteiger partial charge in [-0.2, -0.15) is 0 Å². The number of ether oxygens (including phenoxy) is 1. The highest BCUT2D eigenvalue weighted by atomic mass is 32.1. The van der Waals surface area contributed by atoms with Crippen LogP contribution in [0.3, 0.4) is 0 Å². The van der Waals surface area contributed by atoms with Crippen LogP contribution in [0.4, 0.5) is 5.69 Å². The van der Waals surface area contributed by atoms with Crippen molar-refractivity contribution in [2.45, 2.75) is 20.5 Å². The second kappa shape index (κ2) is 8.55. The second-order valence-electron chi connectivity index (χ2n) is 6.46. The summed E-state index contributed by atoms with van der Waals surface area (Å²) < 4.78 is 5.73. The number of nitrogens with one attached hydrogen (secondary N) is 1. The number of nitrogens with zero attached hydrogens (tertiary/aromatic N) is 2. The highest BCUT2D eigenvalue weighted by Gasteiger charge is 2.09. The van der Waals surface area contributed by atoms with Crippen LogP contribution < -0.4 is 10.1 Å². The molecule has 0 radical (unpaired) electrons. The Balaban J connectivity index is 1.39. The van der Waals surface area contributed by atoms with Crippen molar-refractivity contribution in [3.63, 3.8) is 0 Å². The van der Waals surface area contributed by atoms with E-state index in [0.29, 0.717) is 17.9 Å². The molecule has 2 aromatic heterocycles. The van der Waals surface area contributed by atoms with E-state index in [2.05, 4.69) is 15.3 Å². The van der Waals surface area contributed by atoms with Gasteiger partial charge in [-0.05, 0) is 50.2 Å². The maximum Gasteiger partial charge on any atom is 0.255 e. The van der Waals surface area contributed by atoms with Gasteiger partial charge < -0.3 is 10.1 Å². The molecule has 2 aromatic carbocycles. The van der Waals surface area contributed by atoms with Crippen molar-refractivity contribution in [1.82, 2.24) is 9.97 Å². The summed E-state index contributed by atoms with van der Waals surface area (Å²) in [5.74, 6) is 0.534. The summed E-state index contributed by atoms with van der Waals surface area (Å²) in [6, 6.07) is 14.8. The highest BCUT2D eigenvalue weighted by molar-refractivity contribution is 7.10. The first-order chi connectivity index (χ1) is 14.1. The van der Waals surface area contributed by atoms with E-state index >= 15 is 0 Å². The molecule has 1 amide bonds. The van der Waals surface area contributed by atoms with Crippen LogP contribution in [-0.2, 0) is 6.61 Å². The highest BCUT2D eigenvalue weighted by Crippen LogP contribution is 2.24. The molecule has 146 valence electrons. The lowest BCUT2D eigenvalue weighted by Crippen LogP contribution is -2.11. The van der Waals surface area contributed by atoms with E-state index in [9.17, 15) is 4.79 Å². The molecule has 0 aliphatic heterocycles. The average Bonchev–Trinajstić information content (AvgIpc) is 3.35. The molecule has 0 spiro atoms. The maximum atomic E-state index is 12.6. The van der Waals surface area contributed by atoms with Crippen molar-refractivity contribution in [2.24, 2.45) is 0 Å². The Morgan fingerprint density at radius 1 is 1.00 bits per heavy atom. The lowest BCUT2D eigenvalue weighted by Gasteiger charge is -2.08. The number of aryl methyl sites for hydroxylation is 2. The number of thiazole rings is 2. The van der Waals surface area contributed by atoms with Gasteiger partial charge in [0.25, 0.3) is 5.91 Å². The first-order valence-corrected chi connectivity index (χ1v) is 10.8. The molecule has 0 bridgehead atoms. The molecule has 5 nitrogen and oxygen atoms in total. The lowest BCUT2D eigenvalue weighted by atomic mass is 10.1. The Morgan fingerprint density at radius 3 is 2.45 bits per heavy atom. The summed E-state index contributed by atoms with van der Waals surface area (Å²) in [7, 11) is 0. The molecule has 0 aliphatic rings. The Bertz CT molecular complexity index is 1130. The first kappa shape index (κ1) is 19.3. The molecule has 0 fully saturated rings. The number of benzene rings is 2. The summed E-state index contributed by atoms with van der Waals surface area (Å²) in [6.07, 6.45) is 0. The van der Waals surface area contributed by atoms with Gasteiger partial charge in [0, 0.05) is 27.6 Å². The minimum absolute atomic E-state index is 0.168. The molecule has 0 atom stereocenters. The van der Waals surface area contributed by atoms with Gasteiger partial charge in [-0.25, -0.2) is 9.97 Å². The van der Waals surface area contributed by atoms with Crippen LogP contribution >= 0.6 is 22.7 Å². The van der Waals surface area contributed by atoms with E-state index in [4.69, 9.17) is 4.74 Å². The molecule has 0 saturated heterocycles. The molecule has 1 N–H and O–H groups in total. The fraction of sp³-hybridized carbons (Fsp3) is 0.136. The van der Waals surface area contributed by atoms with Crippen LogP contribution in [0.5, 0.6) is 5.75 Å². The van der Waals surface area contributed by atoms with Gasteiger partial charge >= 0.3 is 0 Å². The topological polar surface area (TPSA) is 64.1 Å². The minimum atomic E-state index is -0.168. The van der Waals surface area contributed by atoms with Gasteiger partial charge in [0.05, 0.1) is 21.4 Å². The van der Waals surface area contributed by atoms with Crippen molar-refractivity contribution < 1.29 is 9.53 Å². The molecule has 0 aliphatic carbocycles. The summed E-state index contributed by atoms with van der Waals surface area (Å²) in [6.45, 7) is 4.36. The van der Waals surface area contributed by atoms with E-state index in [1.807, 2.05) is 48.9 Å². The Morgan fingerprint density at radius 2 is 1.76 bits per heavy atom. The van der Waals surface area contributed by atoms with Gasteiger partial charge in [0.2, 0.25) is 0 Å². The summed E-state index contributed by atoms with van der Waals surface area (Å²) in [5.41, 5.74) is 4.10. The SMILES string of the molecule is Cc1nc(COc2ccc(C(=O)Nc3cccc(-c4csc(C)n4)c3)cc2)cs1. The van der Waals surface area contributed by atoms with Gasteiger partial charge in [0.1, 0.15) is 12.4 Å². The second-order valence-corrected chi connectivity index (χ2v) is 8.58. The quantitative estimate of drug-likeness (QED) is 0.433. The number of carbonyl (C=O) groups is 1. The zero-order chi connectivity index (χ0) is 20.2. The van der Waals surface area contributed by atoms with Crippen LogP contribution in [0.1, 0.15) is 26.1 Å². The third-order valence-corrected chi connectivity index (χ3v) is 5.80. The lowest BCUT2D eigenvalue weighted by molar-refractivity contribution is 0.102. The molecular formula is C22H19N3O2S2. The largest absolute Gasteiger partial charge is 0.487 e. The Hall–Kier alpha value is -3.03. The number of aromatic nitrogens is 2. The van der Waals surface area contributed by atoms with E-state index in [1.165, 1.54) is 0 Å². The third-order valence-electron chi connectivity index (χ3n) is 4.21. The predicted octanol–water partition coefficient (Wildman–Crippen LogP) is 5.71. The average molecular weight is 422 g/mol. The maximum absolute atomic E-state index is 12.6. The van der Waals surface area contributed by atoms with Crippen molar-refractivity contribution in [3.05, 3.63) is 80.6 Å². The van der Waals surface area contributed by atoms with E-state index in [-0.39, 0.29) is 5.91 Å². The van der Waals surface area contributed by atoms with Gasteiger partial charge in [-0.3, -0.25) is 4.79 Å². The fourth-order valence-electron chi connectivity index (χ4n) is 2.79. The zero-order valence-electron chi connectivity index (χ0n) is 16.0. The summed E-state index contributed by atoms with van der Waals surface area (Å²) in [4.78, 5) is 21.5. The monoisotopic (exact) mass is 421 g/mol. The molecule has 2 heterocycles.